The summed E-state index contributed by atoms with van der Waals surface area (Å²) in [4.78, 5) is 18.3. The van der Waals surface area contributed by atoms with Crippen LogP contribution in [0.3, 0.4) is 0 Å². The molecule has 0 fully saturated rings. The second-order valence-corrected chi connectivity index (χ2v) is 5.46. The molecule has 0 aromatic rings. The highest BCUT2D eigenvalue weighted by molar-refractivity contribution is 6.57. The molecule has 0 saturated carbocycles. The second kappa shape index (κ2) is 6.28. The summed E-state index contributed by atoms with van der Waals surface area (Å²) < 4.78 is 9.72. The SMILES string of the molecule is C=C(C)COCCC[Si](O)(O)OC. The molecule has 0 atom stereocenters. The van der Waals surface area contributed by atoms with Crippen LogP contribution in [0, 0.1) is 0 Å². The Kier molecular flexibility index (Phi) is 6.18. The molecule has 2 N–H and O–H groups in total. The molecule has 0 aromatic carbocycles. The molecule has 0 unspecified atom stereocenters. The molecule has 5 heteroatoms. The van der Waals surface area contributed by atoms with Crippen LogP contribution in [0.4, 0.5) is 0 Å². The summed E-state index contributed by atoms with van der Waals surface area (Å²) in [6, 6.07) is 0.277. The van der Waals surface area contributed by atoms with Crippen molar-refractivity contribution in [2.45, 2.75) is 19.4 Å². The fourth-order valence-corrected chi connectivity index (χ4v) is 1.56. The lowest BCUT2D eigenvalue weighted by Crippen LogP contribution is -2.37. The summed E-state index contributed by atoms with van der Waals surface area (Å²) in [5.41, 5.74) is 0.961. The second-order valence-electron chi connectivity index (χ2n) is 3.06. The molecule has 78 valence electrons. The first kappa shape index (κ1) is 12.8. The van der Waals surface area contributed by atoms with E-state index in [-0.39, 0.29) is 6.04 Å². The number of hydrogen-bond donors (Lipinski definition) is 2. The van der Waals surface area contributed by atoms with Gasteiger partial charge in [-0.15, -0.1) is 0 Å². The predicted molar refractivity (Wildman–Crippen MR) is 52.3 cm³/mol. The number of rotatable bonds is 7. The maximum Gasteiger partial charge on any atom is 0.495 e. The average Bonchev–Trinajstić information content (AvgIpc) is 2.03. The van der Waals surface area contributed by atoms with Crippen molar-refractivity contribution in [3.8, 4) is 0 Å². The van der Waals surface area contributed by atoms with Gasteiger partial charge in [0.1, 0.15) is 0 Å². The van der Waals surface area contributed by atoms with Crippen molar-refractivity contribution in [1.29, 1.82) is 0 Å². The summed E-state index contributed by atoms with van der Waals surface area (Å²) in [5.74, 6) is 0. The third-order valence-corrected chi connectivity index (χ3v) is 3.13. The van der Waals surface area contributed by atoms with Gasteiger partial charge in [0.2, 0.25) is 0 Å². The van der Waals surface area contributed by atoms with Crippen LogP contribution in [0.2, 0.25) is 6.04 Å². The largest absolute Gasteiger partial charge is 0.495 e. The molecule has 0 radical (unpaired) electrons. The molecule has 0 aliphatic rings. The maximum absolute atomic E-state index is 9.13. The lowest BCUT2D eigenvalue weighted by Gasteiger charge is -2.14. The van der Waals surface area contributed by atoms with Gasteiger partial charge in [0, 0.05) is 19.8 Å². The monoisotopic (exact) mass is 206 g/mol. The number of hydrogen-bond acceptors (Lipinski definition) is 4. The zero-order valence-electron chi connectivity index (χ0n) is 8.25. The van der Waals surface area contributed by atoms with E-state index < -0.39 is 8.80 Å². The van der Waals surface area contributed by atoms with Gasteiger partial charge >= 0.3 is 8.80 Å². The van der Waals surface area contributed by atoms with Gasteiger partial charge in [0.25, 0.3) is 0 Å². The zero-order valence-corrected chi connectivity index (χ0v) is 9.25. The Morgan fingerprint density at radius 2 is 2.08 bits per heavy atom. The van der Waals surface area contributed by atoms with Gasteiger partial charge < -0.3 is 18.8 Å². The fourth-order valence-electron chi connectivity index (χ4n) is 0.753. The van der Waals surface area contributed by atoms with Crippen molar-refractivity contribution in [2.75, 3.05) is 20.3 Å². The van der Waals surface area contributed by atoms with Crippen molar-refractivity contribution in [3.05, 3.63) is 12.2 Å². The summed E-state index contributed by atoms with van der Waals surface area (Å²) in [6.07, 6.45) is 0.598. The van der Waals surface area contributed by atoms with E-state index in [1.54, 1.807) is 0 Å². The highest BCUT2D eigenvalue weighted by Gasteiger charge is 2.29. The highest BCUT2D eigenvalue weighted by Crippen LogP contribution is 2.05. The quantitative estimate of drug-likeness (QED) is 0.362. The normalized spacial score (nSPS) is 11.7. The van der Waals surface area contributed by atoms with Crippen LogP contribution >= 0.6 is 0 Å². The van der Waals surface area contributed by atoms with Crippen LogP contribution in [0.15, 0.2) is 12.2 Å². The Bertz CT molecular complexity index is 158. The summed E-state index contributed by atoms with van der Waals surface area (Å²) >= 11 is 0. The van der Waals surface area contributed by atoms with Gasteiger partial charge in [-0.25, -0.2) is 0 Å². The summed E-state index contributed by atoms with van der Waals surface area (Å²) in [5, 5.41) is 0. The topological polar surface area (TPSA) is 58.9 Å². The van der Waals surface area contributed by atoms with E-state index >= 15 is 0 Å². The smallest absolute Gasteiger partial charge is 0.390 e. The molecule has 0 heterocycles. The number of ether oxygens (including phenoxy) is 1. The lowest BCUT2D eigenvalue weighted by molar-refractivity contribution is 0.143. The van der Waals surface area contributed by atoms with Crippen LogP contribution in [-0.4, -0.2) is 38.7 Å². The first-order valence-electron chi connectivity index (χ1n) is 4.20. The van der Waals surface area contributed by atoms with E-state index in [9.17, 15) is 0 Å². The molecule has 0 spiro atoms. The minimum Gasteiger partial charge on any atom is -0.390 e. The molecule has 13 heavy (non-hydrogen) atoms. The van der Waals surface area contributed by atoms with Crippen LogP contribution in [-0.2, 0) is 9.16 Å². The Balaban J connectivity index is 3.30. The van der Waals surface area contributed by atoms with E-state index in [4.69, 9.17) is 14.3 Å². The predicted octanol–water partition coefficient (Wildman–Crippen LogP) is 0.539. The van der Waals surface area contributed by atoms with E-state index in [1.807, 2.05) is 6.92 Å². The van der Waals surface area contributed by atoms with Crippen molar-refractivity contribution in [2.24, 2.45) is 0 Å². The van der Waals surface area contributed by atoms with E-state index in [1.165, 1.54) is 7.11 Å². The van der Waals surface area contributed by atoms with E-state index in [0.29, 0.717) is 19.6 Å². The Labute approximate surface area is 80.2 Å². The molecule has 0 saturated heterocycles. The van der Waals surface area contributed by atoms with Crippen molar-refractivity contribution < 1.29 is 18.8 Å². The third-order valence-electron chi connectivity index (χ3n) is 1.47. The van der Waals surface area contributed by atoms with Crippen molar-refractivity contribution in [3.63, 3.8) is 0 Å². The fraction of sp³-hybridized carbons (Fsp3) is 0.750. The Morgan fingerprint density at radius 3 is 2.54 bits per heavy atom. The molecular formula is C8H18O4Si. The zero-order chi connectivity index (χ0) is 10.3. The van der Waals surface area contributed by atoms with E-state index in [2.05, 4.69) is 11.0 Å². The molecule has 0 aromatic heterocycles. The Hall–Kier alpha value is -0.203. The minimum atomic E-state index is -3.36. The molecule has 0 bridgehead atoms. The third kappa shape index (κ3) is 8.14. The summed E-state index contributed by atoms with van der Waals surface area (Å²) in [7, 11) is -2.05. The maximum atomic E-state index is 9.13. The van der Waals surface area contributed by atoms with Crippen LogP contribution in [0.1, 0.15) is 13.3 Å². The van der Waals surface area contributed by atoms with Crippen LogP contribution < -0.4 is 0 Å². The first-order valence-corrected chi connectivity index (χ1v) is 6.21. The summed E-state index contributed by atoms with van der Waals surface area (Å²) in [6.45, 7) is 6.59. The molecule has 0 aliphatic carbocycles. The van der Waals surface area contributed by atoms with Gasteiger partial charge in [-0.1, -0.05) is 12.2 Å². The Morgan fingerprint density at radius 1 is 1.46 bits per heavy atom. The van der Waals surface area contributed by atoms with Gasteiger partial charge in [-0.3, -0.25) is 0 Å². The van der Waals surface area contributed by atoms with Gasteiger partial charge in [0.05, 0.1) is 6.61 Å². The molecule has 0 rings (SSSR count). The minimum absolute atomic E-state index is 0.277. The van der Waals surface area contributed by atoms with E-state index in [0.717, 1.165) is 5.57 Å². The molecular weight excluding hydrogens is 188 g/mol. The van der Waals surface area contributed by atoms with Crippen LogP contribution in [0.25, 0.3) is 0 Å². The lowest BCUT2D eigenvalue weighted by atomic mass is 10.4. The standard InChI is InChI=1S/C8H18O4Si/c1-8(2)7-12-5-4-6-13(9,10)11-3/h9-10H,1,4-7H2,2-3H3. The molecule has 0 aliphatic heterocycles. The average molecular weight is 206 g/mol. The van der Waals surface area contributed by atoms with Gasteiger partial charge in [-0.05, 0) is 13.3 Å². The van der Waals surface area contributed by atoms with Crippen molar-refractivity contribution >= 4 is 8.80 Å². The highest BCUT2D eigenvalue weighted by atomic mass is 28.4. The first-order chi connectivity index (χ1) is 5.98. The molecule has 0 amide bonds. The molecule has 4 nitrogen and oxygen atoms in total. The van der Waals surface area contributed by atoms with Gasteiger partial charge in [-0.2, -0.15) is 0 Å². The van der Waals surface area contributed by atoms with Crippen molar-refractivity contribution in [1.82, 2.24) is 0 Å². The van der Waals surface area contributed by atoms with Gasteiger partial charge in [0.15, 0.2) is 0 Å². The van der Waals surface area contributed by atoms with Crippen LogP contribution in [0.5, 0.6) is 0 Å².